The van der Waals surface area contributed by atoms with Gasteiger partial charge in [-0.05, 0) is 32.9 Å². The highest BCUT2D eigenvalue weighted by Gasteiger charge is 2.21. The van der Waals surface area contributed by atoms with Gasteiger partial charge in [0.05, 0.1) is 0 Å². The van der Waals surface area contributed by atoms with Gasteiger partial charge in [0.1, 0.15) is 17.8 Å². The fourth-order valence-electron chi connectivity index (χ4n) is 1.45. The second kappa shape index (κ2) is 6.38. The topological polar surface area (TPSA) is 98.9 Å². The van der Waals surface area contributed by atoms with E-state index < -0.39 is 30.2 Å². The minimum atomic E-state index is -1.04. The zero-order chi connectivity index (χ0) is 15.3. The van der Waals surface area contributed by atoms with Crippen LogP contribution in [-0.4, -0.2) is 22.6 Å². The van der Waals surface area contributed by atoms with Crippen molar-refractivity contribution in [3.05, 3.63) is 29.8 Å². The van der Waals surface area contributed by atoms with Gasteiger partial charge in [-0.3, -0.25) is 15.3 Å². The van der Waals surface area contributed by atoms with Crippen LogP contribution in [-0.2, 0) is 19.1 Å². The number of nitrogens with two attached hydrogens (primary N) is 1. The van der Waals surface area contributed by atoms with Crippen LogP contribution in [0.3, 0.4) is 0 Å². The largest absolute Gasteiger partial charge is 0.508 e. The lowest BCUT2D eigenvalue weighted by Gasteiger charge is -2.19. The van der Waals surface area contributed by atoms with E-state index >= 15 is 0 Å². The van der Waals surface area contributed by atoms with Crippen LogP contribution in [0.25, 0.3) is 0 Å². The van der Waals surface area contributed by atoms with Crippen LogP contribution < -0.4 is 5.73 Å². The first-order valence-corrected chi connectivity index (χ1v) is 6.13. The number of hydrogen-bond acceptors (Lipinski definition) is 6. The first-order chi connectivity index (χ1) is 9.17. The quantitative estimate of drug-likeness (QED) is 0.494. The molecular weight excluding hydrogens is 262 g/mol. The number of esters is 2. The molecular formula is C14H19NO5. The number of rotatable bonds is 4. The summed E-state index contributed by atoms with van der Waals surface area (Å²) in [4.78, 5) is 23.0. The van der Waals surface area contributed by atoms with Gasteiger partial charge < -0.3 is 14.6 Å². The normalized spacial score (nSPS) is 12.6. The molecule has 6 heteroatoms. The molecule has 0 saturated heterocycles. The number of benzene rings is 1. The molecule has 0 heterocycles. The number of carbonyl (C=O) groups excluding carboxylic acids is 2. The van der Waals surface area contributed by atoms with Crippen molar-refractivity contribution in [2.45, 2.75) is 39.0 Å². The summed E-state index contributed by atoms with van der Waals surface area (Å²) in [5.41, 5.74) is 5.43. The highest BCUT2D eigenvalue weighted by atomic mass is 16.6. The van der Waals surface area contributed by atoms with E-state index in [2.05, 4.69) is 0 Å². The number of aromatic hydroxyl groups is 1. The van der Waals surface area contributed by atoms with Gasteiger partial charge in [-0.25, -0.2) is 0 Å². The van der Waals surface area contributed by atoms with Gasteiger partial charge in [-0.15, -0.1) is 0 Å². The van der Waals surface area contributed by atoms with Crippen LogP contribution in [0.2, 0.25) is 0 Å². The molecule has 1 aromatic carbocycles. The summed E-state index contributed by atoms with van der Waals surface area (Å²) >= 11 is 0. The van der Waals surface area contributed by atoms with Crippen molar-refractivity contribution in [3.8, 4) is 5.75 Å². The second-order valence-corrected chi connectivity index (χ2v) is 5.27. The van der Waals surface area contributed by atoms with E-state index in [1.54, 1.807) is 32.9 Å². The van der Waals surface area contributed by atoms with E-state index in [1.165, 1.54) is 12.1 Å². The Bertz CT molecular complexity index is 493. The van der Waals surface area contributed by atoms with E-state index in [-0.39, 0.29) is 5.75 Å². The van der Waals surface area contributed by atoms with E-state index in [0.29, 0.717) is 5.56 Å². The molecule has 1 aromatic rings. The average molecular weight is 281 g/mol. The zero-order valence-electron chi connectivity index (χ0n) is 11.8. The van der Waals surface area contributed by atoms with Gasteiger partial charge in [-0.2, -0.15) is 0 Å². The Morgan fingerprint density at radius 3 is 2.50 bits per heavy atom. The number of carbonyl (C=O) groups is 2. The summed E-state index contributed by atoms with van der Waals surface area (Å²) in [6, 6.07) is 6.03. The molecule has 0 aliphatic carbocycles. The predicted molar refractivity (Wildman–Crippen MR) is 71.6 cm³/mol. The maximum Gasteiger partial charge on any atom is 0.318 e. The SMILES string of the molecule is CC(C)(C)OC(=O)CC(=O)OC(N)c1cccc(O)c1. The van der Waals surface area contributed by atoms with E-state index in [4.69, 9.17) is 15.2 Å². The number of ether oxygens (including phenoxy) is 2. The number of phenolic OH excluding ortho intramolecular Hbond substituents is 1. The van der Waals surface area contributed by atoms with E-state index in [1.807, 2.05) is 0 Å². The highest BCUT2D eigenvalue weighted by molar-refractivity contribution is 5.91. The van der Waals surface area contributed by atoms with Crippen LogP contribution >= 0.6 is 0 Å². The lowest BCUT2D eigenvalue weighted by Crippen LogP contribution is -2.27. The van der Waals surface area contributed by atoms with Gasteiger partial charge in [0, 0.05) is 5.56 Å². The van der Waals surface area contributed by atoms with Crippen LogP contribution in [0.4, 0.5) is 0 Å². The molecule has 0 fully saturated rings. The Labute approximate surface area is 117 Å². The maximum absolute atomic E-state index is 11.5. The Kier molecular flexibility index (Phi) is 5.10. The third kappa shape index (κ3) is 5.71. The third-order valence-electron chi connectivity index (χ3n) is 2.17. The van der Waals surface area contributed by atoms with Crippen LogP contribution in [0.1, 0.15) is 39.0 Å². The molecule has 20 heavy (non-hydrogen) atoms. The Balaban J connectivity index is 2.52. The molecule has 0 spiro atoms. The Morgan fingerprint density at radius 2 is 1.95 bits per heavy atom. The third-order valence-corrected chi connectivity index (χ3v) is 2.17. The molecule has 0 radical (unpaired) electrons. The van der Waals surface area contributed by atoms with E-state index in [0.717, 1.165) is 0 Å². The van der Waals surface area contributed by atoms with Crippen LogP contribution in [0, 0.1) is 0 Å². The molecule has 110 valence electrons. The standard InChI is InChI=1S/C14H19NO5/c1-14(2,3)20-12(18)8-11(17)19-13(15)9-5-4-6-10(16)7-9/h4-7,13,16H,8,15H2,1-3H3. The first-order valence-electron chi connectivity index (χ1n) is 6.13. The molecule has 0 aliphatic rings. The molecule has 6 nitrogen and oxygen atoms in total. The minimum absolute atomic E-state index is 0.0149. The summed E-state index contributed by atoms with van der Waals surface area (Å²) in [5, 5.41) is 9.30. The van der Waals surface area contributed by atoms with Crippen molar-refractivity contribution in [1.29, 1.82) is 0 Å². The minimum Gasteiger partial charge on any atom is -0.508 e. The summed E-state index contributed by atoms with van der Waals surface area (Å²) in [6.07, 6.45) is -1.55. The summed E-state index contributed by atoms with van der Waals surface area (Å²) in [7, 11) is 0. The number of hydrogen-bond donors (Lipinski definition) is 2. The van der Waals surface area contributed by atoms with Crippen molar-refractivity contribution in [2.24, 2.45) is 5.73 Å². The molecule has 3 N–H and O–H groups in total. The first kappa shape index (κ1) is 16.0. The predicted octanol–water partition coefficient (Wildman–Crippen LogP) is 1.62. The average Bonchev–Trinajstić information content (AvgIpc) is 2.25. The molecule has 0 bridgehead atoms. The van der Waals surface area contributed by atoms with Gasteiger partial charge in [0.25, 0.3) is 0 Å². The molecule has 1 rings (SSSR count). The Morgan fingerprint density at radius 1 is 1.30 bits per heavy atom. The number of phenols is 1. The fraction of sp³-hybridized carbons (Fsp3) is 0.429. The summed E-state index contributed by atoms with van der Waals surface area (Å²) in [6.45, 7) is 5.11. The van der Waals surface area contributed by atoms with Crippen molar-refractivity contribution >= 4 is 11.9 Å². The lowest BCUT2D eigenvalue weighted by molar-refractivity contribution is -0.163. The van der Waals surface area contributed by atoms with Crippen molar-refractivity contribution < 1.29 is 24.2 Å². The molecule has 1 unspecified atom stereocenters. The summed E-state index contributed by atoms with van der Waals surface area (Å²) in [5.74, 6) is -1.44. The van der Waals surface area contributed by atoms with Crippen LogP contribution in [0.15, 0.2) is 24.3 Å². The van der Waals surface area contributed by atoms with Crippen molar-refractivity contribution in [2.75, 3.05) is 0 Å². The maximum atomic E-state index is 11.5. The molecule has 0 aliphatic heterocycles. The molecule has 0 amide bonds. The zero-order valence-corrected chi connectivity index (χ0v) is 11.8. The van der Waals surface area contributed by atoms with Gasteiger partial charge >= 0.3 is 11.9 Å². The van der Waals surface area contributed by atoms with E-state index in [9.17, 15) is 14.7 Å². The molecule has 0 saturated carbocycles. The van der Waals surface area contributed by atoms with Crippen molar-refractivity contribution in [1.82, 2.24) is 0 Å². The fourth-order valence-corrected chi connectivity index (χ4v) is 1.45. The smallest absolute Gasteiger partial charge is 0.318 e. The molecule has 1 atom stereocenters. The van der Waals surface area contributed by atoms with Crippen molar-refractivity contribution in [3.63, 3.8) is 0 Å². The highest BCUT2D eigenvalue weighted by Crippen LogP contribution is 2.18. The lowest BCUT2D eigenvalue weighted by atomic mass is 10.2. The second-order valence-electron chi connectivity index (χ2n) is 5.27. The van der Waals surface area contributed by atoms with Gasteiger partial charge in [0.2, 0.25) is 0 Å². The van der Waals surface area contributed by atoms with Gasteiger partial charge in [-0.1, -0.05) is 12.1 Å². The van der Waals surface area contributed by atoms with Gasteiger partial charge in [0.15, 0.2) is 6.23 Å². The Hall–Kier alpha value is -2.08. The molecule has 0 aromatic heterocycles. The monoisotopic (exact) mass is 281 g/mol. The van der Waals surface area contributed by atoms with Crippen LogP contribution in [0.5, 0.6) is 5.75 Å². The summed E-state index contributed by atoms with van der Waals surface area (Å²) < 4.78 is 9.90.